The van der Waals surface area contributed by atoms with Crippen LogP contribution in [0.25, 0.3) is 22.2 Å². The molecule has 0 saturated carbocycles. The molecule has 0 spiro atoms. The van der Waals surface area contributed by atoms with Crippen LogP contribution in [0, 0.1) is 0 Å². The summed E-state index contributed by atoms with van der Waals surface area (Å²) in [6.07, 6.45) is 2.05. The monoisotopic (exact) mass is 488 g/mol. The summed E-state index contributed by atoms with van der Waals surface area (Å²) in [5.74, 6) is 0.629. The molecule has 0 saturated heterocycles. The summed E-state index contributed by atoms with van der Waals surface area (Å²) in [4.78, 5) is 17.5. The summed E-state index contributed by atoms with van der Waals surface area (Å²) in [7, 11) is -1.13. The fourth-order valence-corrected chi connectivity index (χ4v) is 4.87. The Morgan fingerprint density at radius 2 is 2.03 bits per heavy atom. The van der Waals surface area contributed by atoms with Gasteiger partial charge in [0.2, 0.25) is 5.95 Å². The van der Waals surface area contributed by atoms with E-state index < -0.39 is 8.07 Å². The van der Waals surface area contributed by atoms with Gasteiger partial charge in [-0.05, 0) is 38.1 Å². The lowest BCUT2D eigenvalue weighted by molar-refractivity contribution is 0.0903. The predicted octanol–water partition coefficient (Wildman–Crippen LogP) is 5.14. The number of rotatable bonds is 6. The standard InChI is InChI=1S/C22H29BrN4O2Si/c1-22(2)13-27-20(28)11-18(24-21(27)25-22)17-12-26(14-29-8-9-30(3,4)5)19-7-6-15(23)10-16(17)19/h6-7,10-12H,8-9,13-14H2,1-5H3,(H,24,25). The molecule has 4 rings (SSSR count). The second-order valence-corrected chi connectivity index (χ2v) is 16.5. The Morgan fingerprint density at radius 1 is 1.27 bits per heavy atom. The van der Waals surface area contributed by atoms with Crippen LogP contribution in [0.3, 0.4) is 0 Å². The number of benzene rings is 1. The van der Waals surface area contributed by atoms with Gasteiger partial charge in [-0.2, -0.15) is 0 Å². The molecule has 0 radical (unpaired) electrons. The topological polar surface area (TPSA) is 61.1 Å². The van der Waals surface area contributed by atoms with Crippen molar-refractivity contribution < 1.29 is 4.74 Å². The molecule has 0 bridgehead atoms. The molecular formula is C22H29BrN4O2Si. The zero-order chi connectivity index (χ0) is 21.7. The van der Waals surface area contributed by atoms with E-state index in [0.29, 0.717) is 24.9 Å². The van der Waals surface area contributed by atoms with Gasteiger partial charge >= 0.3 is 0 Å². The second kappa shape index (κ2) is 7.66. The van der Waals surface area contributed by atoms with E-state index in [1.165, 1.54) is 0 Å². The summed E-state index contributed by atoms with van der Waals surface area (Å²) >= 11 is 3.58. The van der Waals surface area contributed by atoms with Crippen molar-refractivity contribution in [3.8, 4) is 11.3 Å². The lowest BCUT2D eigenvalue weighted by atomic mass is 10.1. The Balaban J connectivity index is 1.71. The van der Waals surface area contributed by atoms with Crippen molar-refractivity contribution >= 4 is 40.9 Å². The number of hydrogen-bond donors (Lipinski definition) is 1. The molecule has 6 nitrogen and oxygen atoms in total. The number of nitrogens with one attached hydrogen (secondary N) is 1. The largest absolute Gasteiger partial charge is 0.361 e. The van der Waals surface area contributed by atoms with Crippen molar-refractivity contribution in [3.63, 3.8) is 0 Å². The highest BCUT2D eigenvalue weighted by atomic mass is 79.9. The second-order valence-electron chi connectivity index (χ2n) is 9.92. The normalized spacial score (nSPS) is 15.4. The molecule has 0 fully saturated rings. The van der Waals surface area contributed by atoms with Crippen molar-refractivity contribution in [1.29, 1.82) is 0 Å². The maximum absolute atomic E-state index is 12.8. The van der Waals surface area contributed by atoms with Gasteiger partial charge in [-0.15, -0.1) is 0 Å². The minimum atomic E-state index is -1.13. The van der Waals surface area contributed by atoms with Crippen LogP contribution in [0.5, 0.6) is 0 Å². The molecule has 8 heteroatoms. The van der Waals surface area contributed by atoms with E-state index in [-0.39, 0.29) is 11.1 Å². The Labute approximate surface area is 186 Å². The molecule has 0 amide bonds. The third-order valence-electron chi connectivity index (χ3n) is 5.36. The van der Waals surface area contributed by atoms with Crippen LogP contribution >= 0.6 is 15.9 Å². The van der Waals surface area contributed by atoms with Gasteiger partial charge in [0.25, 0.3) is 5.56 Å². The van der Waals surface area contributed by atoms with Gasteiger partial charge in [0.15, 0.2) is 0 Å². The number of ether oxygens (including phenoxy) is 1. The molecule has 1 aliphatic rings. The highest BCUT2D eigenvalue weighted by Gasteiger charge is 2.30. The van der Waals surface area contributed by atoms with Gasteiger partial charge in [0.1, 0.15) is 6.73 Å². The molecular weight excluding hydrogens is 460 g/mol. The number of anilines is 1. The zero-order valence-corrected chi connectivity index (χ0v) is 20.8. The van der Waals surface area contributed by atoms with Crippen LogP contribution < -0.4 is 10.9 Å². The average molecular weight is 489 g/mol. The van der Waals surface area contributed by atoms with Crippen molar-refractivity contribution in [2.75, 3.05) is 11.9 Å². The van der Waals surface area contributed by atoms with Gasteiger partial charge in [-0.3, -0.25) is 9.36 Å². The number of halogens is 1. The van der Waals surface area contributed by atoms with Gasteiger partial charge < -0.3 is 14.6 Å². The maximum atomic E-state index is 12.8. The van der Waals surface area contributed by atoms with Gasteiger partial charge in [-0.1, -0.05) is 35.6 Å². The molecule has 1 aliphatic heterocycles. The molecule has 0 aliphatic carbocycles. The summed E-state index contributed by atoms with van der Waals surface area (Å²) in [6.45, 7) is 13.1. The van der Waals surface area contributed by atoms with E-state index in [9.17, 15) is 4.79 Å². The van der Waals surface area contributed by atoms with E-state index in [1.807, 2.05) is 12.3 Å². The molecule has 1 N–H and O–H groups in total. The van der Waals surface area contributed by atoms with Gasteiger partial charge in [0.05, 0.1) is 23.3 Å². The van der Waals surface area contributed by atoms with Crippen LogP contribution in [0.15, 0.2) is 39.7 Å². The summed E-state index contributed by atoms with van der Waals surface area (Å²) in [5, 5.41) is 4.41. The number of hydrogen-bond acceptors (Lipinski definition) is 4. The summed E-state index contributed by atoms with van der Waals surface area (Å²) < 4.78 is 10.8. The Bertz CT molecular complexity index is 1160. The van der Waals surface area contributed by atoms with Crippen LogP contribution in [-0.2, 0) is 18.0 Å². The van der Waals surface area contributed by atoms with E-state index in [1.54, 1.807) is 10.6 Å². The average Bonchev–Trinajstić information content (AvgIpc) is 3.14. The fourth-order valence-electron chi connectivity index (χ4n) is 3.75. The lowest BCUT2D eigenvalue weighted by Crippen LogP contribution is -2.29. The fraction of sp³-hybridized carbons (Fsp3) is 0.455. The molecule has 0 atom stereocenters. The first-order valence-corrected chi connectivity index (χ1v) is 14.8. The van der Waals surface area contributed by atoms with Crippen molar-refractivity contribution in [2.24, 2.45) is 0 Å². The third-order valence-corrected chi connectivity index (χ3v) is 7.56. The minimum absolute atomic E-state index is 0.0321. The highest BCUT2D eigenvalue weighted by molar-refractivity contribution is 9.10. The molecule has 3 aromatic rings. The molecule has 0 unspecified atom stereocenters. The lowest BCUT2D eigenvalue weighted by Gasteiger charge is -2.15. The summed E-state index contributed by atoms with van der Waals surface area (Å²) in [6, 6.07) is 8.95. The summed E-state index contributed by atoms with van der Waals surface area (Å²) in [5.41, 5.74) is 2.47. The SMILES string of the molecule is CC1(C)Cn2c(nc(-c3cn(COCC[Si](C)(C)C)c4ccc(Br)cc34)cc2=O)N1. The van der Waals surface area contributed by atoms with Gasteiger partial charge in [-0.25, -0.2) is 4.98 Å². The first-order chi connectivity index (χ1) is 14.0. The third kappa shape index (κ3) is 4.40. The number of aromatic nitrogens is 3. The molecule has 2 aromatic heterocycles. The van der Waals surface area contributed by atoms with Crippen molar-refractivity contribution in [3.05, 3.63) is 45.3 Å². The molecule has 30 heavy (non-hydrogen) atoms. The van der Waals surface area contributed by atoms with Crippen molar-refractivity contribution in [1.82, 2.24) is 14.1 Å². The molecule has 160 valence electrons. The Kier molecular flexibility index (Phi) is 5.44. The van der Waals surface area contributed by atoms with E-state index >= 15 is 0 Å². The molecule has 3 heterocycles. The van der Waals surface area contributed by atoms with E-state index in [4.69, 9.17) is 9.72 Å². The van der Waals surface area contributed by atoms with Crippen LogP contribution in [0.1, 0.15) is 13.8 Å². The Hall–Kier alpha value is -1.90. The smallest absolute Gasteiger partial charge is 0.255 e. The van der Waals surface area contributed by atoms with E-state index in [0.717, 1.165) is 33.6 Å². The van der Waals surface area contributed by atoms with Crippen LogP contribution in [0.4, 0.5) is 5.95 Å². The zero-order valence-electron chi connectivity index (χ0n) is 18.3. The van der Waals surface area contributed by atoms with Crippen LogP contribution in [0.2, 0.25) is 25.7 Å². The first kappa shape index (κ1) is 21.3. The minimum Gasteiger partial charge on any atom is -0.361 e. The predicted molar refractivity (Wildman–Crippen MR) is 129 cm³/mol. The number of fused-ring (bicyclic) bond motifs is 2. The number of nitrogens with zero attached hydrogens (tertiary/aromatic N) is 3. The molecule has 1 aromatic carbocycles. The highest BCUT2D eigenvalue weighted by Crippen LogP contribution is 2.33. The Morgan fingerprint density at radius 3 is 2.77 bits per heavy atom. The quantitative estimate of drug-likeness (QED) is 0.385. The van der Waals surface area contributed by atoms with Crippen molar-refractivity contribution in [2.45, 2.75) is 58.3 Å². The van der Waals surface area contributed by atoms with E-state index in [2.05, 4.69) is 71.4 Å². The maximum Gasteiger partial charge on any atom is 0.255 e. The first-order valence-electron chi connectivity index (χ1n) is 10.3. The van der Waals surface area contributed by atoms with Gasteiger partial charge in [0, 0.05) is 42.4 Å². The van der Waals surface area contributed by atoms with Crippen LogP contribution in [-0.4, -0.2) is 34.3 Å².